The molecule has 0 atom stereocenters. The number of esters is 2. The first kappa shape index (κ1) is 22.0. The third kappa shape index (κ3) is 7.34. The third-order valence-corrected chi connectivity index (χ3v) is 4.22. The maximum absolute atomic E-state index is 11.9. The zero-order chi connectivity index (χ0) is 21.2. The summed E-state index contributed by atoms with van der Waals surface area (Å²) in [4.78, 5) is 50.5. The number of benzene rings is 1. The summed E-state index contributed by atoms with van der Waals surface area (Å²) >= 11 is 1.07. The molecule has 0 aliphatic carbocycles. The number of nitrogens with one attached hydrogen (secondary N) is 2. The van der Waals surface area contributed by atoms with E-state index in [0.717, 1.165) is 24.2 Å². The predicted molar refractivity (Wildman–Crippen MR) is 107 cm³/mol. The van der Waals surface area contributed by atoms with Crippen LogP contribution >= 0.6 is 11.3 Å². The molecule has 0 radical (unpaired) electrons. The number of carbonyl (C=O) groups is 4. The first-order valence-corrected chi connectivity index (χ1v) is 9.74. The van der Waals surface area contributed by atoms with Crippen molar-refractivity contribution in [1.82, 2.24) is 4.98 Å². The average Bonchev–Trinajstić information content (AvgIpc) is 3.14. The molecule has 9 nitrogen and oxygen atoms in total. The normalized spacial score (nSPS) is 10.1. The van der Waals surface area contributed by atoms with E-state index < -0.39 is 24.5 Å². The lowest BCUT2D eigenvalue weighted by molar-refractivity contribution is -0.119. The van der Waals surface area contributed by atoms with Crippen molar-refractivity contribution in [3.63, 3.8) is 0 Å². The zero-order valence-electron chi connectivity index (χ0n) is 16.0. The molecule has 10 heteroatoms. The third-order valence-electron chi connectivity index (χ3n) is 3.47. The van der Waals surface area contributed by atoms with Crippen LogP contribution in [0, 0.1) is 0 Å². The fourth-order valence-corrected chi connectivity index (χ4v) is 2.79. The Kier molecular flexibility index (Phi) is 8.28. The van der Waals surface area contributed by atoms with Crippen molar-refractivity contribution in [3.8, 4) is 0 Å². The fraction of sp³-hybridized carbons (Fsp3) is 0.316. The van der Waals surface area contributed by atoms with Gasteiger partial charge in [-0.2, -0.15) is 0 Å². The maximum Gasteiger partial charge on any atom is 0.358 e. The highest BCUT2D eigenvalue weighted by molar-refractivity contribution is 7.14. The molecule has 2 N–H and O–H groups in total. The molecule has 0 bridgehead atoms. The van der Waals surface area contributed by atoms with Crippen molar-refractivity contribution in [1.29, 1.82) is 0 Å². The number of thiazole rings is 1. The summed E-state index contributed by atoms with van der Waals surface area (Å²) in [6.45, 7) is 3.19. The number of carbonyl (C=O) groups excluding carboxylic acids is 4. The second-order valence-corrected chi connectivity index (χ2v) is 6.77. The molecule has 0 aliphatic rings. The summed E-state index contributed by atoms with van der Waals surface area (Å²) in [7, 11) is 0. The molecule has 0 saturated carbocycles. The van der Waals surface area contributed by atoms with E-state index in [1.807, 2.05) is 6.92 Å². The van der Waals surface area contributed by atoms with Crippen molar-refractivity contribution in [2.24, 2.45) is 0 Å². The van der Waals surface area contributed by atoms with Crippen LogP contribution in [0.15, 0.2) is 29.6 Å². The molecule has 0 fully saturated rings. The van der Waals surface area contributed by atoms with Gasteiger partial charge in [-0.1, -0.05) is 13.3 Å². The number of amides is 2. The summed E-state index contributed by atoms with van der Waals surface area (Å²) in [5, 5.41) is 6.69. The summed E-state index contributed by atoms with van der Waals surface area (Å²) in [5.41, 5.74) is 0.819. The second kappa shape index (κ2) is 10.9. The number of hydrogen-bond acceptors (Lipinski definition) is 8. The van der Waals surface area contributed by atoms with E-state index in [2.05, 4.69) is 15.6 Å². The van der Waals surface area contributed by atoms with Gasteiger partial charge in [0.1, 0.15) is 0 Å². The van der Waals surface area contributed by atoms with Gasteiger partial charge in [-0.3, -0.25) is 9.59 Å². The lowest BCUT2D eigenvalue weighted by Crippen LogP contribution is -2.21. The van der Waals surface area contributed by atoms with Gasteiger partial charge in [-0.15, -0.1) is 11.3 Å². The van der Waals surface area contributed by atoms with Crippen molar-refractivity contribution < 1.29 is 28.7 Å². The minimum absolute atomic E-state index is 0.00233. The topological polar surface area (TPSA) is 124 Å². The van der Waals surface area contributed by atoms with E-state index in [4.69, 9.17) is 9.47 Å². The molecule has 0 unspecified atom stereocenters. The number of nitrogens with zero attached hydrogens (tertiary/aromatic N) is 1. The van der Waals surface area contributed by atoms with Crippen LogP contribution in [0.3, 0.4) is 0 Å². The molecular weight excluding hydrogens is 398 g/mol. The molecule has 2 amide bonds. The number of hydrogen-bond donors (Lipinski definition) is 2. The molecule has 29 heavy (non-hydrogen) atoms. The van der Waals surface area contributed by atoms with Gasteiger partial charge in [-0.05, 0) is 30.7 Å². The van der Waals surface area contributed by atoms with E-state index in [0.29, 0.717) is 17.9 Å². The van der Waals surface area contributed by atoms with Gasteiger partial charge in [0.05, 0.1) is 12.2 Å². The largest absolute Gasteiger partial charge is 0.462 e. The standard InChI is InChI=1S/C19H21N3O6S/c1-3-4-9-27-17(25)13-5-7-14(8-6-13)21-16(24)10-28-18(26)15-11-29-19(22-15)20-12(2)23/h5-8,11H,3-4,9-10H2,1-2H3,(H,21,24)(H,20,22,23). The highest BCUT2D eigenvalue weighted by atomic mass is 32.1. The number of anilines is 2. The summed E-state index contributed by atoms with van der Waals surface area (Å²) in [6, 6.07) is 6.18. The van der Waals surface area contributed by atoms with Gasteiger partial charge < -0.3 is 20.1 Å². The van der Waals surface area contributed by atoms with E-state index >= 15 is 0 Å². The van der Waals surface area contributed by atoms with Crippen LogP contribution in [0.5, 0.6) is 0 Å². The van der Waals surface area contributed by atoms with Crippen LogP contribution in [-0.4, -0.2) is 42.0 Å². The molecule has 1 aromatic heterocycles. The van der Waals surface area contributed by atoms with E-state index in [1.165, 1.54) is 24.4 Å². The highest BCUT2D eigenvalue weighted by Gasteiger charge is 2.15. The van der Waals surface area contributed by atoms with Gasteiger partial charge in [-0.25, -0.2) is 14.6 Å². The lowest BCUT2D eigenvalue weighted by atomic mass is 10.2. The SMILES string of the molecule is CCCCOC(=O)c1ccc(NC(=O)COC(=O)c2csc(NC(C)=O)n2)cc1. The Labute approximate surface area is 171 Å². The Morgan fingerprint density at radius 2 is 1.76 bits per heavy atom. The summed E-state index contributed by atoms with van der Waals surface area (Å²) in [5.74, 6) is -2.06. The number of rotatable bonds is 9. The Morgan fingerprint density at radius 3 is 2.41 bits per heavy atom. The number of ether oxygens (including phenoxy) is 2. The van der Waals surface area contributed by atoms with Gasteiger partial charge >= 0.3 is 11.9 Å². The van der Waals surface area contributed by atoms with Crippen molar-refractivity contribution in [3.05, 3.63) is 40.9 Å². The molecular formula is C19H21N3O6S. The second-order valence-electron chi connectivity index (χ2n) is 5.91. The first-order valence-electron chi connectivity index (χ1n) is 8.86. The molecule has 2 aromatic rings. The maximum atomic E-state index is 11.9. The molecule has 1 heterocycles. The number of unbranched alkanes of at least 4 members (excludes halogenated alkanes) is 1. The van der Waals surface area contributed by atoms with Crippen LogP contribution in [-0.2, 0) is 19.1 Å². The average molecular weight is 419 g/mol. The lowest BCUT2D eigenvalue weighted by Gasteiger charge is -2.07. The van der Waals surface area contributed by atoms with Gasteiger partial charge in [0.2, 0.25) is 5.91 Å². The van der Waals surface area contributed by atoms with E-state index in [1.54, 1.807) is 12.1 Å². The first-order chi connectivity index (χ1) is 13.9. The Balaban J connectivity index is 1.80. The van der Waals surface area contributed by atoms with Crippen LogP contribution in [0.2, 0.25) is 0 Å². The minimum Gasteiger partial charge on any atom is -0.462 e. The van der Waals surface area contributed by atoms with E-state index in [-0.39, 0.29) is 16.7 Å². The smallest absolute Gasteiger partial charge is 0.358 e. The highest BCUT2D eigenvalue weighted by Crippen LogP contribution is 2.16. The van der Waals surface area contributed by atoms with Crippen molar-refractivity contribution >= 4 is 45.9 Å². The summed E-state index contributed by atoms with van der Waals surface area (Å²) in [6.07, 6.45) is 1.73. The molecule has 0 aliphatic heterocycles. The van der Waals surface area contributed by atoms with Gasteiger partial charge in [0.15, 0.2) is 17.4 Å². The quantitative estimate of drug-likeness (QED) is 0.473. The van der Waals surface area contributed by atoms with Crippen LogP contribution < -0.4 is 10.6 Å². The minimum atomic E-state index is -0.779. The fourth-order valence-electron chi connectivity index (χ4n) is 2.06. The van der Waals surface area contributed by atoms with Crippen LogP contribution in [0.1, 0.15) is 47.5 Å². The van der Waals surface area contributed by atoms with Crippen LogP contribution in [0.4, 0.5) is 10.8 Å². The monoisotopic (exact) mass is 419 g/mol. The van der Waals surface area contributed by atoms with Gasteiger partial charge in [0, 0.05) is 18.0 Å². The molecule has 2 rings (SSSR count). The van der Waals surface area contributed by atoms with E-state index in [9.17, 15) is 19.2 Å². The van der Waals surface area contributed by atoms with Crippen molar-refractivity contribution in [2.75, 3.05) is 23.8 Å². The van der Waals surface area contributed by atoms with Crippen molar-refractivity contribution in [2.45, 2.75) is 26.7 Å². The molecule has 0 spiro atoms. The van der Waals surface area contributed by atoms with Crippen LogP contribution in [0.25, 0.3) is 0 Å². The number of aromatic nitrogens is 1. The zero-order valence-corrected chi connectivity index (χ0v) is 16.8. The Morgan fingerprint density at radius 1 is 1.03 bits per heavy atom. The Bertz CT molecular complexity index is 878. The summed E-state index contributed by atoms with van der Waals surface area (Å²) < 4.78 is 10.0. The van der Waals surface area contributed by atoms with Gasteiger partial charge in [0.25, 0.3) is 5.91 Å². The molecule has 154 valence electrons. The molecule has 1 aromatic carbocycles. The predicted octanol–water partition coefficient (Wildman–Crippen LogP) is 2.85. The Hall–Kier alpha value is -3.27. The molecule has 0 saturated heterocycles.